The molecule has 4 rings (SSSR count). The first-order valence-corrected chi connectivity index (χ1v) is 12.1. The molecular formula is C29H30N2O6. The average molecular weight is 503 g/mol. The van der Waals surface area contributed by atoms with Crippen LogP contribution in [-0.2, 0) is 28.7 Å². The van der Waals surface area contributed by atoms with Gasteiger partial charge in [-0.1, -0.05) is 36.4 Å². The lowest BCUT2D eigenvalue weighted by atomic mass is 9.98. The topological polar surface area (TPSA) is 93.2 Å². The van der Waals surface area contributed by atoms with Crippen molar-refractivity contribution in [1.82, 2.24) is 0 Å². The van der Waals surface area contributed by atoms with E-state index >= 15 is 0 Å². The average Bonchev–Trinajstić information content (AvgIpc) is 3.15. The van der Waals surface area contributed by atoms with Crippen LogP contribution < -0.4 is 9.80 Å². The molecule has 8 nitrogen and oxygen atoms in total. The van der Waals surface area contributed by atoms with Crippen LogP contribution >= 0.6 is 0 Å². The molecular weight excluding hydrogens is 472 g/mol. The van der Waals surface area contributed by atoms with E-state index in [1.54, 1.807) is 52.0 Å². The highest BCUT2D eigenvalue weighted by Gasteiger charge is 2.51. The van der Waals surface area contributed by atoms with Gasteiger partial charge in [-0.3, -0.25) is 29.0 Å². The van der Waals surface area contributed by atoms with Crippen molar-refractivity contribution < 1.29 is 28.7 Å². The van der Waals surface area contributed by atoms with Gasteiger partial charge in [0.1, 0.15) is 22.2 Å². The number of anilines is 2. The molecule has 37 heavy (non-hydrogen) atoms. The molecule has 0 saturated carbocycles. The van der Waals surface area contributed by atoms with E-state index in [0.29, 0.717) is 17.8 Å². The summed E-state index contributed by atoms with van der Waals surface area (Å²) in [5.41, 5.74) is -0.791. The Balaban J connectivity index is 1.32. The molecule has 192 valence electrons. The second-order valence-corrected chi connectivity index (χ2v) is 9.89. The molecule has 2 heterocycles. The van der Waals surface area contributed by atoms with Crippen molar-refractivity contribution in [1.29, 1.82) is 0 Å². The summed E-state index contributed by atoms with van der Waals surface area (Å²) in [6.07, 6.45) is 2.83. The number of Topliss-reactive ketones (excluding diaryl/α,β-unsaturated/α-hetero) is 2. The Bertz CT molecular complexity index is 1180. The van der Waals surface area contributed by atoms with Crippen LogP contribution in [0.15, 0.2) is 84.3 Å². The fourth-order valence-corrected chi connectivity index (χ4v) is 4.56. The highest BCUT2D eigenvalue weighted by atomic mass is 16.5. The quantitative estimate of drug-likeness (QED) is 0.235. The normalized spacial score (nSPS) is 20.9. The maximum atomic E-state index is 12.9. The number of ether oxygens (including phenoxy) is 2. The zero-order valence-electron chi connectivity index (χ0n) is 21.4. The van der Waals surface area contributed by atoms with Gasteiger partial charge in [0.15, 0.2) is 11.6 Å². The second-order valence-electron chi connectivity index (χ2n) is 9.89. The number of ketones is 2. The van der Waals surface area contributed by atoms with Crippen LogP contribution in [0.2, 0.25) is 0 Å². The molecule has 2 aromatic carbocycles. The van der Waals surface area contributed by atoms with Crippen LogP contribution in [-0.4, -0.2) is 47.7 Å². The SMILES string of the molecule is CC1(C)C(=O)/C(=C\OCCCO/C=C2/C(=O)N(c3ccccc3)C(C)(C)C2=O)C(=O)N1c1ccccc1. The Morgan fingerprint density at radius 1 is 0.622 bits per heavy atom. The molecule has 2 aliphatic rings. The third-order valence-electron chi connectivity index (χ3n) is 6.54. The van der Waals surface area contributed by atoms with Gasteiger partial charge in [-0.2, -0.15) is 0 Å². The van der Waals surface area contributed by atoms with Gasteiger partial charge >= 0.3 is 0 Å². The van der Waals surface area contributed by atoms with E-state index in [9.17, 15) is 19.2 Å². The lowest BCUT2D eigenvalue weighted by Gasteiger charge is -2.29. The van der Waals surface area contributed by atoms with Gasteiger partial charge < -0.3 is 9.47 Å². The van der Waals surface area contributed by atoms with Gasteiger partial charge in [0, 0.05) is 17.8 Å². The molecule has 0 radical (unpaired) electrons. The van der Waals surface area contributed by atoms with Gasteiger partial charge in [-0.25, -0.2) is 0 Å². The Morgan fingerprint density at radius 3 is 1.32 bits per heavy atom. The van der Waals surface area contributed by atoms with Gasteiger partial charge in [-0.05, 0) is 52.0 Å². The van der Waals surface area contributed by atoms with Crippen molar-refractivity contribution >= 4 is 34.8 Å². The summed E-state index contributed by atoms with van der Waals surface area (Å²) in [5, 5.41) is 0. The van der Waals surface area contributed by atoms with Gasteiger partial charge in [0.25, 0.3) is 11.8 Å². The Kier molecular flexibility index (Phi) is 7.03. The van der Waals surface area contributed by atoms with Crippen LogP contribution in [0.1, 0.15) is 34.1 Å². The number of para-hydroxylation sites is 2. The third-order valence-corrected chi connectivity index (χ3v) is 6.54. The van der Waals surface area contributed by atoms with Gasteiger partial charge in [0.05, 0.1) is 25.7 Å². The van der Waals surface area contributed by atoms with Crippen LogP contribution in [0.3, 0.4) is 0 Å². The summed E-state index contributed by atoms with van der Waals surface area (Å²) in [4.78, 5) is 54.6. The molecule has 2 saturated heterocycles. The summed E-state index contributed by atoms with van der Waals surface area (Å²) >= 11 is 0. The molecule has 2 amide bonds. The van der Waals surface area contributed by atoms with E-state index in [2.05, 4.69) is 0 Å². The summed E-state index contributed by atoms with van der Waals surface area (Å²) in [6, 6.07) is 18.0. The maximum absolute atomic E-state index is 12.9. The molecule has 0 aliphatic carbocycles. The van der Waals surface area contributed by atoms with Gasteiger partial charge in [0.2, 0.25) is 0 Å². The van der Waals surface area contributed by atoms with Crippen molar-refractivity contribution in [3.8, 4) is 0 Å². The molecule has 0 atom stereocenters. The zero-order valence-corrected chi connectivity index (χ0v) is 21.4. The molecule has 2 aliphatic heterocycles. The van der Waals surface area contributed by atoms with Crippen LogP contribution in [0.5, 0.6) is 0 Å². The highest BCUT2D eigenvalue weighted by molar-refractivity contribution is 6.35. The number of hydrogen-bond donors (Lipinski definition) is 0. The van der Waals surface area contributed by atoms with Crippen molar-refractivity contribution in [2.24, 2.45) is 0 Å². The molecule has 0 unspecified atom stereocenters. The Hall–Kier alpha value is -4.20. The van der Waals surface area contributed by atoms with E-state index < -0.39 is 22.9 Å². The first-order valence-electron chi connectivity index (χ1n) is 12.1. The highest BCUT2D eigenvalue weighted by Crippen LogP contribution is 2.36. The molecule has 0 N–H and O–H groups in total. The minimum absolute atomic E-state index is 0.0118. The number of hydrogen-bond acceptors (Lipinski definition) is 6. The number of carbonyl (C=O) groups excluding carboxylic acids is 4. The minimum atomic E-state index is -1.02. The fourth-order valence-electron chi connectivity index (χ4n) is 4.56. The molecule has 2 fully saturated rings. The number of nitrogens with zero attached hydrogens (tertiary/aromatic N) is 2. The first kappa shape index (κ1) is 25.9. The van der Waals surface area contributed by atoms with E-state index in [1.807, 2.05) is 36.4 Å². The number of benzene rings is 2. The summed E-state index contributed by atoms with van der Waals surface area (Å²) in [5.74, 6) is -1.45. The number of rotatable bonds is 8. The molecule has 0 aromatic heterocycles. The standard InChI is InChI=1S/C29H30N2O6/c1-28(2)24(32)22(26(34)30(28)20-12-7-5-8-13-20)18-36-16-11-17-37-19-23-25(33)29(3,4)31(27(23)35)21-14-9-6-10-15-21/h5-10,12-15,18-19H,11,16-17H2,1-4H3/b22-18+,23-19+. The van der Waals surface area contributed by atoms with Crippen molar-refractivity contribution in [3.05, 3.63) is 84.3 Å². The summed E-state index contributed by atoms with van der Waals surface area (Å²) in [7, 11) is 0. The van der Waals surface area contributed by atoms with E-state index in [0.717, 1.165) is 0 Å². The fraction of sp³-hybridized carbons (Fsp3) is 0.310. The monoisotopic (exact) mass is 502 g/mol. The molecule has 0 spiro atoms. The number of amides is 2. The van der Waals surface area contributed by atoms with Crippen LogP contribution in [0.4, 0.5) is 11.4 Å². The lowest BCUT2D eigenvalue weighted by Crippen LogP contribution is -2.44. The van der Waals surface area contributed by atoms with E-state index in [1.165, 1.54) is 22.3 Å². The van der Waals surface area contributed by atoms with E-state index in [4.69, 9.17) is 9.47 Å². The van der Waals surface area contributed by atoms with E-state index in [-0.39, 0.29) is 35.9 Å². The molecule has 0 bridgehead atoms. The first-order chi connectivity index (χ1) is 17.6. The lowest BCUT2D eigenvalue weighted by molar-refractivity contribution is -0.119. The van der Waals surface area contributed by atoms with Crippen molar-refractivity contribution in [2.75, 3.05) is 23.0 Å². The number of carbonyl (C=O) groups is 4. The predicted octanol–water partition coefficient (Wildman–Crippen LogP) is 3.97. The third kappa shape index (κ3) is 4.67. The zero-order chi connectivity index (χ0) is 26.8. The maximum Gasteiger partial charge on any atom is 0.266 e. The van der Waals surface area contributed by atoms with Crippen LogP contribution in [0.25, 0.3) is 0 Å². The largest absolute Gasteiger partial charge is 0.500 e. The van der Waals surface area contributed by atoms with Crippen molar-refractivity contribution in [3.63, 3.8) is 0 Å². The summed E-state index contributed by atoms with van der Waals surface area (Å²) in [6.45, 7) is 7.18. The second kappa shape index (κ2) is 10.0. The molecule has 2 aromatic rings. The van der Waals surface area contributed by atoms with Crippen molar-refractivity contribution in [2.45, 2.75) is 45.2 Å². The smallest absolute Gasteiger partial charge is 0.266 e. The summed E-state index contributed by atoms with van der Waals surface area (Å²) < 4.78 is 11.0. The molecule has 8 heteroatoms. The predicted molar refractivity (Wildman–Crippen MR) is 139 cm³/mol. The Morgan fingerprint density at radius 2 is 0.973 bits per heavy atom. The van der Waals surface area contributed by atoms with Gasteiger partial charge in [-0.15, -0.1) is 0 Å². The minimum Gasteiger partial charge on any atom is -0.500 e. The Labute approximate surface area is 216 Å². The van der Waals surface area contributed by atoms with Crippen LogP contribution in [0, 0.1) is 0 Å².